The van der Waals surface area contributed by atoms with E-state index in [9.17, 15) is 0 Å². The van der Waals surface area contributed by atoms with Gasteiger partial charge in [0.25, 0.3) is 0 Å². The minimum Gasteiger partial charge on any atom is -0.370 e. The van der Waals surface area contributed by atoms with Crippen molar-refractivity contribution >= 4 is 5.96 Å². The molecule has 1 aliphatic heterocycles. The minimum atomic E-state index is 0.346. The van der Waals surface area contributed by atoms with Gasteiger partial charge in [-0.15, -0.1) is 0 Å². The average Bonchev–Trinajstić information content (AvgIpc) is 2.90. The summed E-state index contributed by atoms with van der Waals surface area (Å²) in [4.78, 5) is 7.02. The second kappa shape index (κ2) is 3.39. The van der Waals surface area contributed by atoms with E-state index in [4.69, 9.17) is 5.73 Å². The number of hydrogen-bond donors (Lipinski definition) is 1. The highest BCUT2D eigenvalue weighted by Crippen LogP contribution is 2.42. The van der Waals surface area contributed by atoms with Gasteiger partial charge in [0, 0.05) is 6.04 Å². The smallest absolute Gasteiger partial charge is 0.192 e. The lowest BCUT2D eigenvalue weighted by atomic mass is 9.94. The molecule has 1 heterocycles. The predicted octanol–water partition coefficient (Wildman–Crippen LogP) is 1.87. The summed E-state index contributed by atoms with van der Waals surface area (Å²) in [7, 11) is 0. The summed E-state index contributed by atoms with van der Waals surface area (Å²) >= 11 is 0. The van der Waals surface area contributed by atoms with Crippen molar-refractivity contribution in [2.24, 2.45) is 10.7 Å². The van der Waals surface area contributed by atoms with Gasteiger partial charge < -0.3 is 10.6 Å². The lowest BCUT2D eigenvalue weighted by molar-refractivity contribution is 0.154. The fourth-order valence-corrected chi connectivity index (χ4v) is 3.79. The number of rotatable bonds is 1. The Labute approximate surface area is 91.7 Å². The van der Waals surface area contributed by atoms with E-state index in [0.717, 1.165) is 12.5 Å². The topological polar surface area (TPSA) is 41.6 Å². The quantitative estimate of drug-likeness (QED) is 0.713. The fraction of sp³-hybridized carbons (Fsp3) is 0.917. The monoisotopic (exact) mass is 207 g/mol. The Morgan fingerprint density at radius 2 is 1.80 bits per heavy atom. The summed E-state index contributed by atoms with van der Waals surface area (Å²) in [6.45, 7) is 0.968. The Balaban J connectivity index is 1.84. The number of nitrogens with two attached hydrogens (primary N) is 1. The van der Waals surface area contributed by atoms with E-state index in [2.05, 4.69) is 9.89 Å². The molecule has 0 aromatic carbocycles. The largest absolute Gasteiger partial charge is 0.370 e. The lowest BCUT2D eigenvalue weighted by Gasteiger charge is -2.40. The molecule has 2 N–H and O–H groups in total. The highest BCUT2D eigenvalue weighted by Gasteiger charge is 2.47. The molecule has 3 aliphatic rings. The van der Waals surface area contributed by atoms with Gasteiger partial charge in [-0.25, -0.2) is 0 Å². The van der Waals surface area contributed by atoms with Crippen molar-refractivity contribution in [3.63, 3.8) is 0 Å². The summed E-state index contributed by atoms with van der Waals surface area (Å²) in [5.41, 5.74) is 6.44. The summed E-state index contributed by atoms with van der Waals surface area (Å²) in [6, 6.07) is 0.703. The van der Waals surface area contributed by atoms with Gasteiger partial charge in [0.15, 0.2) is 5.96 Å². The Bertz CT molecular complexity index is 273. The number of hydrogen-bond acceptors (Lipinski definition) is 3. The summed E-state index contributed by atoms with van der Waals surface area (Å²) < 4.78 is 0. The first-order valence-corrected chi connectivity index (χ1v) is 6.41. The molecule has 0 aromatic rings. The van der Waals surface area contributed by atoms with Gasteiger partial charge in [0.2, 0.25) is 0 Å². The van der Waals surface area contributed by atoms with E-state index in [1.165, 1.54) is 51.4 Å². The maximum absolute atomic E-state index is 6.09. The zero-order valence-corrected chi connectivity index (χ0v) is 9.41. The number of guanidine groups is 1. The van der Waals surface area contributed by atoms with Crippen molar-refractivity contribution in [1.29, 1.82) is 0 Å². The van der Waals surface area contributed by atoms with Crippen LogP contribution in [0.25, 0.3) is 0 Å². The van der Waals surface area contributed by atoms with Gasteiger partial charge in [0.05, 0.1) is 12.1 Å². The van der Waals surface area contributed by atoms with Crippen molar-refractivity contribution in [2.75, 3.05) is 6.54 Å². The molecule has 3 heteroatoms. The van der Waals surface area contributed by atoms with Crippen LogP contribution in [-0.2, 0) is 0 Å². The normalized spacial score (nSPS) is 30.4. The van der Waals surface area contributed by atoms with Crippen LogP contribution in [0.1, 0.15) is 51.4 Å². The van der Waals surface area contributed by atoms with E-state index in [1.54, 1.807) is 0 Å². The van der Waals surface area contributed by atoms with Crippen molar-refractivity contribution in [2.45, 2.75) is 62.9 Å². The van der Waals surface area contributed by atoms with Gasteiger partial charge in [-0.3, -0.25) is 4.99 Å². The zero-order valence-electron chi connectivity index (χ0n) is 9.41. The summed E-state index contributed by atoms with van der Waals surface area (Å²) in [6.07, 6.45) is 10.8. The van der Waals surface area contributed by atoms with Crippen LogP contribution >= 0.6 is 0 Å². The molecule has 2 aliphatic carbocycles. The fourth-order valence-electron chi connectivity index (χ4n) is 3.79. The molecule has 0 bridgehead atoms. The lowest BCUT2D eigenvalue weighted by Crippen LogP contribution is -2.54. The molecule has 15 heavy (non-hydrogen) atoms. The first kappa shape index (κ1) is 9.49. The molecule has 84 valence electrons. The molecule has 0 aromatic heterocycles. The molecule has 0 amide bonds. The molecule has 0 unspecified atom stereocenters. The van der Waals surface area contributed by atoms with E-state index >= 15 is 0 Å². The van der Waals surface area contributed by atoms with E-state index in [1.807, 2.05) is 0 Å². The molecule has 1 spiro atoms. The number of aliphatic imine (C=N–C) groups is 1. The Kier molecular flexibility index (Phi) is 2.15. The maximum atomic E-state index is 6.09. The van der Waals surface area contributed by atoms with Gasteiger partial charge in [-0.2, -0.15) is 0 Å². The molecular formula is C12H21N3. The predicted molar refractivity (Wildman–Crippen MR) is 61.8 cm³/mol. The van der Waals surface area contributed by atoms with Crippen LogP contribution in [0, 0.1) is 0 Å². The highest BCUT2D eigenvalue weighted by molar-refractivity contribution is 5.81. The molecule has 2 saturated carbocycles. The Morgan fingerprint density at radius 1 is 1.13 bits per heavy atom. The molecule has 0 radical (unpaired) electrons. The molecule has 3 nitrogen and oxygen atoms in total. The van der Waals surface area contributed by atoms with Crippen molar-refractivity contribution in [3.8, 4) is 0 Å². The van der Waals surface area contributed by atoms with Crippen LogP contribution in [0.2, 0.25) is 0 Å². The molecule has 2 fully saturated rings. The highest BCUT2D eigenvalue weighted by atomic mass is 15.4. The van der Waals surface area contributed by atoms with Crippen LogP contribution in [-0.4, -0.2) is 29.0 Å². The van der Waals surface area contributed by atoms with Crippen LogP contribution < -0.4 is 5.73 Å². The van der Waals surface area contributed by atoms with E-state index in [0.29, 0.717) is 11.6 Å². The third kappa shape index (κ3) is 1.35. The molecule has 3 rings (SSSR count). The third-order valence-corrected chi connectivity index (χ3v) is 4.52. The molecule has 0 atom stereocenters. The second-order valence-electron chi connectivity index (χ2n) is 5.41. The van der Waals surface area contributed by atoms with Crippen molar-refractivity contribution in [3.05, 3.63) is 0 Å². The maximum Gasteiger partial charge on any atom is 0.192 e. The second-order valence-corrected chi connectivity index (χ2v) is 5.41. The van der Waals surface area contributed by atoms with Gasteiger partial charge in [-0.1, -0.05) is 25.7 Å². The summed E-state index contributed by atoms with van der Waals surface area (Å²) in [5.74, 6) is 0.837. The molecule has 0 saturated heterocycles. The zero-order chi connectivity index (χ0) is 10.3. The first-order chi connectivity index (χ1) is 7.32. The van der Waals surface area contributed by atoms with Crippen molar-refractivity contribution in [1.82, 2.24) is 4.90 Å². The average molecular weight is 207 g/mol. The SMILES string of the molecule is NC1=NCC2(CCCC2)N1C1CCCC1. The van der Waals surface area contributed by atoms with Gasteiger partial charge in [0.1, 0.15) is 0 Å². The van der Waals surface area contributed by atoms with E-state index in [-0.39, 0.29) is 0 Å². The van der Waals surface area contributed by atoms with Crippen LogP contribution in [0.15, 0.2) is 4.99 Å². The van der Waals surface area contributed by atoms with Crippen LogP contribution in [0.3, 0.4) is 0 Å². The van der Waals surface area contributed by atoms with Gasteiger partial charge in [-0.05, 0) is 25.7 Å². The first-order valence-electron chi connectivity index (χ1n) is 6.41. The number of nitrogens with zero attached hydrogens (tertiary/aromatic N) is 2. The standard InChI is InChI=1S/C12H21N3/c13-11-14-9-12(7-3-4-8-12)15(11)10-5-1-2-6-10/h10H,1-9H2,(H2,13,14). The van der Waals surface area contributed by atoms with Gasteiger partial charge >= 0.3 is 0 Å². The minimum absolute atomic E-state index is 0.346. The van der Waals surface area contributed by atoms with Crippen LogP contribution in [0.5, 0.6) is 0 Å². The summed E-state index contributed by atoms with van der Waals surface area (Å²) in [5, 5.41) is 0. The van der Waals surface area contributed by atoms with E-state index < -0.39 is 0 Å². The van der Waals surface area contributed by atoms with Crippen LogP contribution in [0.4, 0.5) is 0 Å². The Hall–Kier alpha value is -0.730. The Morgan fingerprint density at radius 3 is 2.47 bits per heavy atom. The third-order valence-electron chi connectivity index (χ3n) is 4.52. The van der Waals surface area contributed by atoms with Crippen molar-refractivity contribution < 1.29 is 0 Å². The molecular weight excluding hydrogens is 186 g/mol.